The van der Waals surface area contributed by atoms with Crippen LogP contribution in [-0.4, -0.2) is 21.2 Å². The third kappa shape index (κ3) is 2.41. The van der Waals surface area contributed by atoms with Gasteiger partial charge in [-0.3, -0.25) is 4.98 Å². The molecule has 0 spiro atoms. The molecule has 4 nitrogen and oxygen atoms in total. The fourth-order valence-corrected chi connectivity index (χ4v) is 3.31. The number of benzene rings is 1. The molecule has 5 heteroatoms. The summed E-state index contributed by atoms with van der Waals surface area (Å²) in [7, 11) is 0. The van der Waals surface area contributed by atoms with Crippen LogP contribution in [0.5, 0.6) is 0 Å². The summed E-state index contributed by atoms with van der Waals surface area (Å²) in [6.07, 6.45) is -0.970. The van der Waals surface area contributed by atoms with Gasteiger partial charge < -0.3 is 10.2 Å². The summed E-state index contributed by atoms with van der Waals surface area (Å²) in [5, 5.41) is 22.4. The van der Waals surface area contributed by atoms with Crippen molar-refractivity contribution in [2.75, 3.05) is 0 Å². The molecule has 0 fully saturated rings. The van der Waals surface area contributed by atoms with Gasteiger partial charge in [-0.15, -0.1) is 11.3 Å². The van der Waals surface area contributed by atoms with Crippen molar-refractivity contribution >= 4 is 28.2 Å². The van der Waals surface area contributed by atoms with Crippen LogP contribution in [-0.2, 0) is 0 Å². The number of carboxylic acids is 1. The predicted octanol–water partition coefficient (Wildman–Crippen LogP) is 3.38. The second-order valence-electron chi connectivity index (χ2n) is 4.78. The Kier molecular flexibility index (Phi) is 3.45. The number of pyridine rings is 1. The van der Waals surface area contributed by atoms with Crippen molar-refractivity contribution in [3.8, 4) is 0 Å². The fraction of sp³-hybridized carbons (Fsp3) is 0.125. The van der Waals surface area contributed by atoms with E-state index in [1.165, 1.54) is 17.4 Å². The molecule has 3 rings (SSSR count). The van der Waals surface area contributed by atoms with Gasteiger partial charge in [0.2, 0.25) is 0 Å². The van der Waals surface area contributed by atoms with Crippen LogP contribution in [0, 0.1) is 6.92 Å². The maximum atomic E-state index is 11.2. The summed E-state index contributed by atoms with van der Waals surface area (Å²) < 4.78 is 0. The lowest BCUT2D eigenvalue weighted by Gasteiger charge is -2.14. The number of aromatic carboxylic acids is 1. The van der Waals surface area contributed by atoms with Crippen molar-refractivity contribution in [1.29, 1.82) is 0 Å². The first-order valence-corrected chi connectivity index (χ1v) is 7.31. The molecule has 106 valence electrons. The Morgan fingerprint density at radius 1 is 1.29 bits per heavy atom. The van der Waals surface area contributed by atoms with Crippen LogP contribution in [0.1, 0.15) is 32.6 Å². The molecule has 2 N–H and O–H groups in total. The first-order chi connectivity index (χ1) is 10.1. The Morgan fingerprint density at radius 3 is 2.81 bits per heavy atom. The van der Waals surface area contributed by atoms with E-state index < -0.39 is 12.1 Å². The van der Waals surface area contributed by atoms with E-state index in [2.05, 4.69) is 4.98 Å². The van der Waals surface area contributed by atoms with Crippen LogP contribution >= 0.6 is 11.3 Å². The number of carboxylic acid groups (broad SMARTS) is 1. The van der Waals surface area contributed by atoms with Gasteiger partial charge in [-0.2, -0.15) is 0 Å². The van der Waals surface area contributed by atoms with Crippen LogP contribution in [0.2, 0.25) is 0 Å². The maximum absolute atomic E-state index is 11.2. The lowest BCUT2D eigenvalue weighted by molar-refractivity contribution is 0.0692. The van der Waals surface area contributed by atoms with E-state index in [-0.39, 0.29) is 5.56 Å². The largest absolute Gasteiger partial charge is 0.478 e. The highest BCUT2D eigenvalue weighted by Gasteiger charge is 2.22. The highest BCUT2D eigenvalue weighted by atomic mass is 32.1. The minimum Gasteiger partial charge on any atom is -0.478 e. The lowest BCUT2D eigenvalue weighted by atomic mass is 10.00. The van der Waals surface area contributed by atoms with Gasteiger partial charge in [0.1, 0.15) is 6.10 Å². The van der Waals surface area contributed by atoms with E-state index in [4.69, 9.17) is 0 Å². The van der Waals surface area contributed by atoms with Gasteiger partial charge in [0.15, 0.2) is 0 Å². The maximum Gasteiger partial charge on any atom is 0.336 e. The molecule has 3 aromatic rings. The smallest absolute Gasteiger partial charge is 0.336 e. The lowest BCUT2D eigenvalue weighted by Crippen LogP contribution is -2.06. The number of hydrogen-bond acceptors (Lipinski definition) is 4. The molecule has 0 saturated carbocycles. The Hall–Kier alpha value is -2.24. The summed E-state index contributed by atoms with van der Waals surface area (Å²) in [6.45, 7) is 1.86. The number of aliphatic hydroxyl groups excluding tert-OH is 1. The summed E-state index contributed by atoms with van der Waals surface area (Å²) in [5.74, 6) is -1.03. The molecule has 0 amide bonds. The molecule has 0 aliphatic heterocycles. The van der Waals surface area contributed by atoms with Gasteiger partial charge in [0.05, 0.1) is 16.0 Å². The number of nitrogens with zero attached hydrogens (tertiary/aromatic N) is 1. The fourth-order valence-electron chi connectivity index (χ4n) is 2.42. The van der Waals surface area contributed by atoms with Gasteiger partial charge in [-0.05, 0) is 36.1 Å². The van der Waals surface area contributed by atoms with E-state index in [0.717, 1.165) is 16.6 Å². The zero-order valence-corrected chi connectivity index (χ0v) is 12.1. The second-order valence-corrected chi connectivity index (χ2v) is 5.72. The first-order valence-electron chi connectivity index (χ1n) is 6.43. The molecule has 2 aromatic heterocycles. The van der Waals surface area contributed by atoms with Crippen molar-refractivity contribution in [2.24, 2.45) is 0 Å². The third-order valence-electron chi connectivity index (χ3n) is 3.34. The molecule has 0 aliphatic carbocycles. The number of aromatic nitrogens is 1. The van der Waals surface area contributed by atoms with Crippen molar-refractivity contribution in [3.63, 3.8) is 0 Å². The van der Waals surface area contributed by atoms with E-state index in [9.17, 15) is 15.0 Å². The van der Waals surface area contributed by atoms with E-state index in [1.807, 2.05) is 31.2 Å². The molecule has 0 bridgehead atoms. The van der Waals surface area contributed by atoms with E-state index in [1.54, 1.807) is 11.4 Å². The van der Waals surface area contributed by atoms with Gasteiger partial charge in [-0.25, -0.2) is 4.79 Å². The van der Waals surface area contributed by atoms with Gasteiger partial charge in [-0.1, -0.05) is 18.2 Å². The molecule has 21 heavy (non-hydrogen) atoms. The van der Waals surface area contributed by atoms with Gasteiger partial charge >= 0.3 is 5.97 Å². The quantitative estimate of drug-likeness (QED) is 0.777. The van der Waals surface area contributed by atoms with Gasteiger partial charge in [0.25, 0.3) is 0 Å². The summed E-state index contributed by atoms with van der Waals surface area (Å²) in [6, 6.07) is 10.8. The van der Waals surface area contributed by atoms with Gasteiger partial charge in [0, 0.05) is 11.1 Å². The number of thiophene rings is 1. The molecular weight excluding hydrogens is 286 g/mol. The highest BCUT2D eigenvalue weighted by molar-refractivity contribution is 7.10. The van der Waals surface area contributed by atoms with Crippen molar-refractivity contribution < 1.29 is 15.0 Å². The average molecular weight is 299 g/mol. The highest BCUT2D eigenvalue weighted by Crippen LogP contribution is 2.33. The van der Waals surface area contributed by atoms with Crippen LogP contribution in [0.25, 0.3) is 10.9 Å². The normalized spacial score (nSPS) is 12.5. The molecule has 0 radical (unpaired) electrons. The number of aryl methyl sites for hydroxylation is 1. The number of aliphatic hydroxyl groups is 1. The summed E-state index contributed by atoms with van der Waals surface area (Å²) >= 11 is 1.24. The molecule has 1 aromatic carbocycles. The monoisotopic (exact) mass is 299 g/mol. The van der Waals surface area contributed by atoms with Crippen LogP contribution in [0.3, 0.4) is 0 Å². The molecule has 0 saturated heterocycles. The van der Waals surface area contributed by atoms with E-state index in [0.29, 0.717) is 10.4 Å². The second kappa shape index (κ2) is 5.27. The van der Waals surface area contributed by atoms with Crippen LogP contribution < -0.4 is 0 Å². The third-order valence-corrected chi connectivity index (χ3v) is 4.31. The van der Waals surface area contributed by atoms with Crippen LogP contribution in [0.15, 0.2) is 41.8 Å². The molecule has 1 unspecified atom stereocenters. The Bertz CT molecular complexity index is 825. The Labute approximate surface area is 125 Å². The minimum absolute atomic E-state index is 0.144. The average Bonchev–Trinajstić information content (AvgIpc) is 2.95. The Morgan fingerprint density at radius 2 is 2.05 bits per heavy atom. The van der Waals surface area contributed by atoms with Crippen molar-refractivity contribution in [3.05, 3.63) is 63.5 Å². The van der Waals surface area contributed by atoms with Crippen molar-refractivity contribution in [2.45, 2.75) is 13.0 Å². The zero-order chi connectivity index (χ0) is 15.0. The first kappa shape index (κ1) is 13.7. The summed E-state index contributed by atoms with van der Waals surface area (Å²) in [4.78, 5) is 16.1. The number of rotatable bonds is 3. The zero-order valence-electron chi connectivity index (χ0n) is 11.3. The van der Waals surface area contributed by atoms with Crippen LogP contribution in [0.4, 0.5) is 0 Å². The summed E-state index contributed by atoms with van der Waals surface area (Å²) in [5.41, 5.74) is 2.41. The predicted molar refractivity (Wildman–Crippen MR) is 81.8 cm³/mol. The minimum atomic E-state index is -1.03. The molecule has 2 heterocycles. The standard InChI is InChI=1S/C16H13NO3S/c1-9-8-12(10-4-2-3-5-13(10)17-9)14(18)15-11(16(19)20)6-7-21-15/h2-8,14,18H,1H3,(H,19,20). The number of carbonyl (C=O) groups is 1. The number of fused-ring (bicyclic) bond motifs is 1. The number of hydrogen-bond donors (Lipinski definition) is 2. The molecule has 0 aliphatic rings. The molecular formula is C16H13NO3S. The molecule has 1 atom stereocenters. The number of para-hydroxylation sites is 1. The topological polar surface area (TPSA) is 70.4 Å². The SMILES string of the molecule is Cc1cc(C(O)c2sccc2C(=O)O)c2ccccc2n1. The van der Waals surface area contributed by atoms with E-state index >= 15 is 0 Å². The Balaban J connectivity index is 2.20. The van der Waals surface area contributed by atoms with Crippen molar-refractivity contribution in [1.82, 2.24) is 4.98 Å².